The molecule has 17 heavy (non-hydrogen) atoms. The average molecular weight is 239 g/mol. The van der Waals surface area contributed by atoms with Crippen LogP contribution in [0.2, 0.25) is 0 Å². The quantitative estimate of drug-likeness (QED) is 0.631. The summed E-state index contributed by atoms with van der Waals surface area (Å²) in [6, 6.07) is 0.312. The van der Waals surface area contributed by atoms with Gasteiger partial charge in [0.1, 0.15) is 0 Å². The minimum atomic E-state index is -0.401. The molecular weight excluding hydrogens is 222 g/mol. The zero-order chi connectivity index (χ0) is 12.6. The Morgan fingerprint density at radius 2 is 2.06 bits per heavy atom. The lowest BCUT2D eigenvalue weighted by Crippen LogP contribution is -2.52. The number of anilines is 1. The van der Waals surface area contributed by atoms with Crippen LogP contribution in [0.4, 0.5) is 5.82 Å². The molecule has 1 saturated heterocycles. The van der Waals surface area contributed by atoms with Gasteiger partial charge in [-0.25, -0.2) is 9.48 Å². The molecule has 2 rings (SSSR count). The summed E-state index contributed by atoms with van der Waals surface area (Å²) in [6.07, 6.45) is 0. The lowest BCUT2D eigenvalue weighted by Gasteiger charge is -2.32. The van der Waals surface area contributed by atoms with Crippen molar-refractivity contribution in [1.29, 1.82) is 0 Å². The summed E-state index contributed by atoms with van der Waals surface area (Å²) in [7, 11) is 3.03. The van der Waals surface area contributed by atoms with Crippen molar-refractivity contribution >= 4 is 5.82 Å². The zero-order valence-electron chi connectivity index (χ0n) is 10.3. The van der Waals surface area contributed by atoms with Gasteiger partial charge in [0.25, 0.3) is 5.56 Å². The van der Waals surface area contributed by atoms with E-state index in [0.29, 0.717) is 11.9 Å². The fourth-order valence-corrected chi connectivity index (χ4v) is 2.00. The Bertz CT molecular complexity index is 532. The Morgan fingerprint density at radius 3 is 2.71 bits per heavy atom. The summed E-state index contributed by atoms with van der Waals surface area (Å²) >= 11 is 0. The summed E-state index contributed by atoms with van der Waals surface area (Å²) in [5.74, 6) is 0.350. The lowest BCUT2D eigenvalue weighted by molar-refractivity contribution is 0.472. The molecule has 0 aromatic carbocycles. The molecule has 1 aromatic heterocycles. The molecule has 0 bridgehead atoms. The summed E-state index contributed by atoms with van der Waals surface area (Å²) in [5, 5.41) is 7.36. The lowest BCUT2D eigenvalue weighted by atomic mass is 10.2. The molecule has 1 N–H and O–H groups in total. The maximum absolute atomic E-state index is 12.0. The Kier molecular flexibility index (Phi) is 3.01. The summed E-state index contributed by atoms with van der Waals surface area (Å²) in [4.78, 5) is 25.4. The van der Waals surface area contributed by atoms with E-state index in [1.54, 1.807) is 7.05 Å². The van der Waals surface area contributed by atoms with Crippen molar-refractivity contribution in [3.8, 4) is 0 Å². The molecular formula is C10H17N5O2. The molecule has 94 valence electrons. The van der Waals surface area contributed by atoms with Gasteiger partial charge < -0.3 is 10.2 Å². The Balaban J connectivity index is 2.45. The van der Waals surface area contributed by atoms with Gasteiger partial charge in [0.15, 0.2) is 0 Å². The van der Waals surface area contributed by atoms with Gasteiger partial charge in [-0.1, -0.05) is 0 Å². The summed E-state index contributed by atoms with van der Waals surface area (Å²) < 4.78 is 2.29. The molecule has 0 amide bonds. The van der Waals surface area contributed by atoms with Gasteiger partial charge in [-0.2, -0.15) is 0 Å². The van der Waals surface area contributed by atoms with Gasteiger partial charge in [0.05, 0.1) is 0 Å². The van der Waals surface area contributed by atoms with E-state index >= 15 is 0 Å². The van der Waals surface area contributed by atoms with Crippen LogP contribution in [0.3, 0.4) is 0 Å². The molecule has 0 spiro atoms. The molecule has 1 aliphatic rings. The molecule has 0 saturated carbocycles. The molecule has 0 aliphatic carbocycles. The number of piperazine rings is 1. The van der Waals surface area contributed by atoms with Gasteiger partial charge in [-0.05, 0) is 6.92 Å². The van der Waals surface area contributed by atoms with Crippen LogP contribution in [0.25, 0.3) is 0 Å². The van der Waals surface area contributed by atoms with Crippen molar-refractivity contribution in [3.05, 3.63) is 20.8 Å². The first kappa shape index (κ1) is 11.8. The minimum absolute atomic E-state index is 0.312. The molecule has 7 nitrogen and oxygen atoms in total. The number of nitrogens with one attached hydrogen (secondary N) is 1. The van der Waals surface area contributed by atoms with Crippen LogP contribution in [0, 0.1) is 0 Å². The highest BCUT2D eigenvalue weighted by Gasteiger charge is 2.21. The van der Waals surface area contributed by atoms with Crippen LogP contribution in [-0.4, -0.2) is 40.0 Å². The number of rotatable bonds is 1. The normalized spacial score (nSPS) is 20.6. The second kappa shape index (κ2) is 4.33. The highest BCUT2D eigenvalue weighted by Crippen LogP contribution is 2.05. The Morgan fingerprint density at radius 1 is 1.35 bits per heavy atom. The van der Waals surface area contributed by atoms with E-state index in [2.05, 4.69) is 17.3 Å². The van der Waals surface area contributed by atoms with Crippen molar-refractivity contribution in [1.82, 2.24) is 19.7 Å². The van der Waals surface area contributed by atoms with Gasteiger partial charge in [-0.3, -0.25) is 9.36 Å². The maximum atomic E-state index is 12.0. The summed E-state index contributed by atoms with van der Waals surface area (Å²) in [5.41, 5.74) is -0.732. The molecule has 0 unspecified atom stereocenters. The van der Waals surface area contributed by atoms with E-state index < -0.39 is 5.69 Å². The first-order valence-corrected chi connectivity index (χ1v) is 5.63. The Labute approximate surface area is 98.7 Å². The fraction of sp³-hybridized carbons (Fsp3) is 0.700. The van der Waals surface area contributed by atoms with Crippen LogP contribution in [-0.2, 0) is 14.1 Å². The number of hydrogen-bond acceptors (Lipinski definition) is 5. The van der Waals surface area contributed by atoms with Gasteiger partial charge in [0.2, 0.25) is 5.82 Å². The molecule has 0 radical (unpaired) electrons. The first-order valence-electron chi connectivity index (χ1n) is 5.63. The van der Waals surface area contributed by atoms with Crippen molar-refractivity contribution in [2.24, 2.45) is 14.1 Å². The number of hydrogen-bond donors (Lipinski definition) is 1. The van der Waals surface area contributed by atoms with Crippen LogP contribution >= 0.6 is 0 Å². The van der Waals surface area contributed by atoms with Crippen molar-refractivity contribution < 1.29 is 0 Å². The Hall–Kier alpha value is -1.63. The van der Waals surface area contributed by atoms with E-state index in [-0.39, 0.29) is 5.56 Å². The van der Waals surface area contributed by atoms with Gasteiger partial charge in [0, 0.05) is 39.8 Å². The number of aryl methyl sites for hydroxylation is 1. The van der Waals surface area contributed by atoms with Crippen molar-refractivity contribution in [2.75, 3.05) is 24.5 Å². The highest BCUT2D eigenvalue weighted by atomic mass is 16.2. The van der Waals surface area contributed by atoms with Crippen LogP contribution < -0.4 is 21.5 Å². The SMILES string of the molecule is C[C@@H]1CN(c2nn(C)c(=O)n(C)c2=O)CCN1. The molecule has 1 atom stereocenters. The zero-order valence-corrected chi connectivity index (χ0v) is 10.3. The topological polar surface area (TPSA) is 72.2 Å². The smallest absolute Gasteiger partial charge is 0.346 e. The standard InChI is InChI=1S/C10H17N5O2/c1-7-6-15(5-4-11-7)8-9(16)13(2)10(17)14(3)12-8/h7,11H,4-6H2,1-3H3/t7-/m1/s1. The number of nitrogens with zero attached hydrogens (tertiary/aromatic N) is 4. The second-order valence-corrected chi connectivity index (χ2v) is 4.40. The fourth-order valence-electron chi connectivity index (χ4n) is 2.00. The van der Waals surface area contributed by atoms with Gasteiger partial charge in [-0.15, -0.1) is 5.10 Å². The van der Waals surface area contributed by atoms with Gasteiger partial charge >= 0.3 is 5.69 Å². The van der Waals surface area contributed by atoms with Crippen molar-refractivity contribution in [3.63, 3.8) is 0 Å². The maximum Gasteiger partial charge on any atom is 0.346 e. The number of aromatic nitrogens is 3. The van der Waals surface area contributed by atoms with Crippen LogP contribution in [0.5, 0.6) is 0 Å². The largest absolute Gasteiger partial charge is 0.348 e. The van der Waals surface area contributed by atoms with E-state index in [0.717, 1.165) is 24.2 Å². The van der Waals surface area contributed by atoms with E-state index in [1.807, 2.05) is 4.90 Å². The molecule has 1 fully saturated rings. The van der Waals surface area contributed by atoms with Crippen molar-refractivity contribution in [2.45, 2.75) is 13.0 Å². The molecule has 1 aromatic rings. The minimum Gasteiger partial charge on any atom is -0.348 e. The average Bonchev–Trinajstić information content (AvgIpc) is 2.31. The molecule has 7 heteroatoms. The summed E-state index contributed by atoms with van der Waals surface area (Å²) in [6.45, 7) is 4.32. The third-order valence-corrected chi connectivity index (χ3v) is 2.97. The second-order valence-electron chi connectivity index (χ2n) is 4.40. The monoisotopic (exact) mass is 239 g/mol. The third kappa shape index (κ3) is 2.10. The predicted molar refractivity (Wildman–Crippen MR) is 64.4 cm³/mol. The van der Waals surface area contributed by atoms with Crippen LogP contribution in [0.1, 0.15) is 6.92 Å². The first-order chi connectivity index (χ1) is 8.00. The molecule has 1 aliphatic heterocycles. The van der Waals surface area contributed by atoms with Crippen LogP contribution in [0.15, 0.2) is 9.59 Å². The predicted octanol–water partition coefficient (Wildman–Crippen LogP) is -1.72. The highest BCUT2D eigenvalue weighted by molar-refractivity contribution is 5.35. The van der Waals surface area contributed by atoms with E-state index in [1.165, 1.54) is 11.7 Å². The van der Waals surface area contributed by atoms with E-state index in [4.69, 9.17) is 0 Å². The van der Waals surface area contributed by atoms with E-state index in [9.17, 15) is 9.59 Å². The third-order valence-electron chi connectivity index (χ3n) is 2.97. The molecule has 2 heterocycles.